The monoisotopic (exact) mass is 432 g/mol. The molecule has 2 unspecified atom stereocenters. The Bertz CT molecular complexity index is 974. The molecule has 168 valence electrons. The largest absolute Gasteiger partial charge is 0.508 e. The van der Waals surface area contributed by atoms with E-state index in [2.05, 4.69) is 35.8 Å². The first-order chi connectivity index (χ1) is 15.7. The number of hydrogen-bond donors (Lipinski definition) is 1. The van der Waals surface area contributed by atoms with Gasteiger partial charge in [0.1, 0.15) is 30.5 Å². The summed E-state index contributed by atoms with van der Waals surface area (Å²) in [5.41, 5.74) is 2.22. The van der Waals surface area contributed by atoms with Gasteiger partial charge in [-0.15, -0.1) is 0 Å². The molecule has 5 heteroatoms. The molecule has 4 rings (SSSR count). The van der Waals surface area contributed by atoms with Crippen molar-refractivity contribution >= 4 is 5.69 Å². The molecule has 32 heavy (non-hydrogen) atoms. The predicted octanol–water partition coefficient (Wildman–Crippen LogP) is 5.12. The number of hydrogen-bond acceptors (Lipinski definition) is 5. The molecule has 3 aromatic carbocycles. The van der Waals surface area contributed by atoms with Crippen molar-refractivity contribution in [3.63, 3.8) is 0 Å². The van der Waals surface area contributed by atoms with Crippen LogP contribution in [0, 0.1) is 0 Å². The lowest BCUT2D eigenvalue weighted by Gasteiger charge is -2.42. The highest BCUT2D eigenvalue weighted by Crippen LogP contribution is 2.39. The Hall–Kier alpha value is -3.18. The maximum Gasteiger partial charge on any atom is 0.142 e. The van der Waals surface area contributed by atoms with E-state index in [1.54, 1.807) is 12.1 Å². The molecule has 1 aliphatic heterocycles. The Morgan fingerprint density at radius 1 is 0.969 bits per heavy atom. The third-order valence-corrected chi connectivity index (χ3v) is 6.15. The van der Waals surface area contributed by atoms with E-state index in [-0.39, 0.29) is 17.8 Å². The quantitative estimate of drug-likeness (QED) is 0.508. The van der Waals surface area contributed by atoms with Gasteiger partial charge < -0.3 is 19.5 Å². The summed E-state index contributed by atoms with van der Waals surface area (Å²) < 4.78 is 12.3. The fourth-order valence-corrected chi connectivity index (χ4v) is 4.39. The van der Waals surface area contributed by atoms with Gasteiger partial charge >= 0.3 is 0 Å². The van der Waals surface area contributed by atoms with E-state index in [9.17, 15) is 5.11 Å². The summed E-state index contributed by atoms with van der Waals surface area (Å²) in [5, 5.41) is 9.77. The van der Waals surface area contributed by atoms with E-state index in [1.165, 1.54) is 0 Å². The number of fused-ring (bicyclic) bond motifs is 1. The summed E-state index contributed by atoms with van der Waals surface area (Å²) in [7, 11) is 0. The van der Waals surface area contributed by atoms with E-state index < -0.39 is 0 Å². The van der Waals surface area contributed by atoms with Gasteiger partial charge in [-0.2, -0.15) is 0 Å². The van der Waals surface area contributed by atoms with Gasteiger partial charge in [-0.1, -0.05) is 56.3 Å². The van der Waals surface area contributed by atoms with Crippen molar-refractivity contribution in [2.75, 3.05) is 37.7 Å². The Kier molecular flexibility index (Phi) is 7.17. The number of benzene rings is 3. The van der Waals surface area contributed by atoms with Gasteiger partial charge in [0.25, 0.3) is 0 Å². The minimum absolute atomic E-state index is 0.0558. The summed E-state index contributed by atoms with van der Waals surface area (Å²) >= 11 is 0. The summed E-state index contributed by atoms with van der Waals surface area (Å²) in [6.07, 6.45) is 0. The van der Waals surface area contributed by atoms with E-state index in [0.29, 0.717) is 13.2 Å². The second-order valence-electron chi connectivity index (χ2n) is 8.04. The number of anilines is 1. The van der Waals surface area contributed by atoms with E-state index in [4.69, 9.17) is 9.47 Å². The van der Waals surface area contributed by atoms with Gasteiger partial charge in [0, 0.05) is 6.54 Å². The first kappa shape index (κ1) is 22.0. The van der Waals surface area contributed by atoms with Crippen LogP contribution in [-0.2, 0) is 0 Å². The van der Waals surface area contributed by atoms with Crippen molar-refractivity contribution in [3.8, 4) is 17.2 Å². The normalized spacial score (nSPS) is 16.3. The summed E-state index contributed by atoms with van der Waals surface area (Å²) in [5.74, 6) is 2.07. The van der Waals surface area contributed by atoms with Gasteiger partial charge in [0.2, 0.25) is 0 Å². The van der Waals surface area contributed by atoms with Crippen LogP contribution in [-0.4, -0.2) is 48.9 Å². The minimum atomic E-state index is 0.0558. The maximum atomic E-state index is 9.77. The minimum Gasteiger partial charge on any atom is -0.508 e. The van der Waals surface area contributed by atoms with Crippen LogP contribution in [0.2, 0.25) is 0 Å². The summed E-state index contributed by atoms with van der Waals surface area (Å²) in [6.45, 7) is 8.28. The molecule has 1 heterocycles. The average Bonchev–Trinajstić information content (AvgIpc) is 2.84. The van der Waals surface area contributed by atoms with Crippen molar-refractivity contribution < 1.29 is 14.6 Å². The highest BCUT2D eigenvalue weighted by atomic mass is 16.5. The van der Waals surface area contributed by atoms with Crippen LogP contribution < -0.4 is 14.4 Å². The van der Waals surface area contributed by atoms with Crippen molar-refractivity contribution in [3.05, 3.63) is 84.4 Å². The molecule has 1 N–H and O–H groups in total. The van der Waals surface area contributed by atoms with Crippen LogP contribution >= 0.6 is 0 Å². The number of nitrogens with zero attached hydrogens (tertiary/aromatic N) is 2. The SMILES string of the molecule is CCN(CC)C(COc1ccccc1)CN1c2ccccc2OCC1c1ccc(O)cc1. The molecule has 0 fully saturated rings. The summed E-state index contributed by atoms with van der Waals surface area (Å²) in [6, 6.07) is 25.9. The number of rotatable bonds is 9. The molecule has 0 bridgehead atoms. The Morgan fingerprint density at radius 3 is 2.38 bits per heavy atom. The topological polar surface area (TPSA) is 45.2 Å². The van der Waals surface area contributed by atoms with Gasteiger partial charge in [0.05, 0.1) is 17.8 Å². The van der Waals surface area contributed by atoms with Crippen LogP contribution in [0.25, 0.3) is 0 Å². The third-order valence-electron chi connectivity index (χ3n) is 6.15. The molecule has 0 radical (unpaired) electrons. The number of phenolic OH excluding ortho intramolecular Hbond substituents is 1. The Balaban J connectivity index is 1.63. The fraction of sp³-hybridized carbons (Fsp3) is 0.333. The molecule has 5 nitrogen and oxygen atoms in total. The smallest absolute Gasteiger partial charge is 0.142 e. The second kappa shape index (κ2) is 10.4. The zero-order valence-electron chi connectivity index (χ0n) is 18.9. The van der Waals surface area contributed by atoms with Crippen molar-refractivity contribution in [1.82, 2.24) is 4.90 Å². The van der Waals surface area contributed by atoms with Crippen LogP contribution in [0.5, 0.6) is 17.2 Å². The highest BCUT2D eigenvalue weighted by Gasteiger charge is 2.32. The first-order valence-electron chi connectivity index (χ1n) is 11.4. The molecule has 0 spiro atoms. The van der Waals surface area contributed by atoms with E-state index in [1.807, 2.05) is 54.6 Å². The number of phenols is 1. The number of likely N-dealkylation sites (N-methyl/N-ethyl adjacent to an activating group) is 1. The molecule has 0 saturated carbocycles. The summed E-state index contributed by atoms with van der Waals surface area (Å²) in [4.78, 5) is 4.89. The molecule has 0 amide bonds. The van der Waals surface area contributed by atoms with Gasteiger partial charge in [0.15, 0.2) is 0 Å². The average molecular weight is 433 g/mol. The lowest BCUT2D eigenvalue weighted by Crippen LogP contribution is -2.50. The number of ether oxygens (including phenoxy) is 2. The van der Waals surface area contributed by atoms with Gasteiger partial charge in [-0.05, 0) is 55.1 Å². The molecule has 3 aromatic rings. The molecular weight excluding hydrogens is 400 g/mol. The zero-order chi connectivity index (χ0) is 22.3. The van der Waals surface area contributed by atoms with E-state index >= 15 is 0 Å². The lowest BCUT2D eigenvalue weighted by atomic mass is 10.0. The van der Waals surface area contributed by atoms with Crippen molar-refractivity contribution in [2.24, 2.45) is 0 Å². The maximum absolute atomic E-state index is 9.77. The van der Waals surface area contributed by atoms with Crippen LogP contribution in [0.15, 0.2) is 78.9 Å². The Labute approximate surface area is 190 Å². The zero-order valence-corrected chi connectivity index (χ0v) is 18.9. The van der Waals surface area contributed by atoms with Crippen molar-refractivity contribution in [1.29, 1.82) is 0 Å². The van der Waals surface area contributed by atoms with Crippen LogP contribution in [0.4, 0.5) is 5.69 Å². The number of aromatic hydroxyl groups is 1. The molecule has 1 aliphatic rings. The third kappa shape index (κ3) is 5.00. The lowest BCUT2D eigenvalue weighted by molar-refractivity contribution is 0.142. The van der Waals surface area contributed by atoms with Gasteiger partial charge in [-0.3, -0.25) is 4.90 Å². The Morgan fingerprint density at radius 2 is 1.66 bits per heavy atom. The molecule has 0 saturated heterocycles. The fourth-order valence-electron chi connectivity index (χ4n) is 4.39. The van der Waals surface area contributed by atoms with Gasteiger partial charge in [-0.25, -0.2) is 0 Å². The predicted molar refractivity (Wildman–Crippen MR) is 129 cm³/mol. The highest BCUT2D eigenvalue weighted by molar-refractivity contribution is 5.61. The second-order valence-corrected chi connectivity index (χ2v) is 8.04. The van der Waals surface area contributed by atoms with E-state index in [0.717, 1.165) is 42.4 Å². The van der Waals surface area contributed by atoms with Crippen molar-refractivity contribution in [2.45, 2.75) is 25.9 Å². The van der Waals surface area contributed by atoms with Crippen LogP contribution in [0.3, 0.4) is 0 Å². The van der Waals surface area contributed by atoms with Crippen LogP contribution in [0.1, 0.15) is 25.5 Å². The molecule has 0 aliphatic carbocycles. The number of para-hydroxylation sites is 3. The molecule has 0 aromatic heterocycles. The molecular formula is C27H32N2O3. The molecule has 2 atom stereocenters. The standard InChI is InChI=1S/C27H32N2O3/c1-3-28(4-2)22(19-31-24-10-6-5-7-11-24)18-29-25-12-8-9-13-27(25)32-20-26(29)21-14-16-23(30)17-15-21/h5-17,22,26,30H,3-4,18-20H2,1-2H3. The first-order valence-corrected chi connectivity index (χ1v) is 11.4.